The Kier molecular flexibility index (Phi) is 5.70. The number of hydrogen-bond acceptors (Lipinski definition) is 3. The van der Waals surface area contributed by atoms with Gasteiger partial charge in [0.1, 0.15) is 16.7 Å². The molecule has 0 aliphatic rings. The molecule has 2 aromatic carbocycles. The first-order chi connectivity index (χ1) is 13.3. The van der Waals surface area contributed by atoms with E-state index in [1.807, 2.05) is 25.1 Å². The summed E-state index contributed by atoms with van der Waals surface area (Å²) in [6.45, 7) is 4.07. The number of methoxy groups -OCH3 is 1. The molecule has 0 radical (unpaired) electrons. The first-order valence-electron chi connectivity index (χ1n) is 8.72. The molecule has 0 N–H and O–H groups in total. The van der Waals surface area contributed by atoms with Gasteiger partial charge in [-0.1, -0.05) is 29.3 Å². The minimum Gasteiger partial charge on any atom is -0.496 e. The monoisotopic (exact) mass is 401 g/mol. The van der Waals surface area contributed by atoms with Gasteiger partial charge < -0.3 is 9.64 Å². The summed E-state index contributed by atoms with van der Waals surface area (Å²) in [6.07, 6.45) is 0. The smallest absolute Gasteiger partial charge is 0.258 e. The Bertz CT molecular complexity index is 1020. The van der Waals surface area contributed by atoms with E-state index < -0.39 is 0 Å². The first-order valence-corrected chi connectivity index (χ1v) is 9.09. The minimum atomic E-state index is -0.355. The van der Waals surface area contributed by atoms with Crippen molar-refractivity contribution < 1.29 is 13.9 Å². The van der Waals surface area contributed by atoms with Crippen LogP contribution in [0.25, 0.3) is 5.69 Å². The van der Waals surface area contributed by atoms with Crippen LogP contribution < -0.4 is 4.74 Å². The lowest BCUT2D eigenvalue weighted by atomic mass is 10.1. The molecule has 3 aromatic rings. The molecule has 1 aromatic heterocycles. The summed E-state index contributed by atoms with van der Waals surface area (Å²) in [5.74, 6) is 0.112. The van der Waals surface area contributed by atoms with Gasteiger partial charge in [0.25, 0.3) is 5.91 Å². The molecule has 0 aliphatic heterocycles. The van der Waals surface area contributed by atoms with Gasteiger partial charge in [0.15, 0.2) is 0 Å². The quantitative estimate of drug-likeness (QED) is 0.629. The predicted octanol–water partition coefficient (Wildman–Crippen LogP) is 4.56. The number of benzene rings is 2. The average Bonchev–Trinajstić information content (AvgIpc) is 2.96. The van der Waals surface area contributed by atoms with Gasteiger partial charge in [-0.2, -0.15) is 5.10 Å². The third kappa shape index (κ3) is 3.87. The molecule has 5 nitrogen and oxygen atoms in total. The van der Waals surface area contributed by atoms with Crippen LogP contribution in [0, 0.1) is 19.7 Å². The van der Waals surface area contributed by atoms with E-state index in [-0.39, 0.29) is 16.9 Å². The Morgan fingerprint density at radius 1 is 1.21 bits per heavy atom. The maximum atomic E-state index is 13.2. The summed E-state index contributed by atoms with van der Waals surface area (Å²) < 4.78 is 20.0. The second-order valence-corrected chi connectivity index (χ2v) is 6.97. The molecule has 0 spiro atoms. The topological polar surface area (TPSA) is 47.4 Å². The summed E-state index contributed by atoms with van der Waals surface area (Å²) in [6, 6.07) is 11.6. The van der Waals surface area contributed by atoms with E-state index in [0.29, 0.717) is 23.5 Å². The fourth-order valence-electron chi connectivity index (χ4n) is 3.04. The van der Waals surface area contributed by atoms with Crippen molar-refractivity contribution in [3.63, 3.8) is 0 Å². The lowest BCUT2D eigenvalue weighted by molar-refractivity contribution is 0.0783. The van der Waals surface area contributed by atoms with Crippen molar-refractivity contribution in [2.75, 3.05) is 14.2 Å². The Hall–Kier alpha value is -2.86. The number of aromatic nitrogens is 2. The molecule has 28 heavy (non-hydrogen) atoms. The summed E-state index contributed by atoms with van der Waals surface area (Å²) >= 11 is 6.46. The Balaban J connectivity index is 1.90. The Morgan fingerprint density at radius 3 is 2.54 bits per heavy atom. The van der Waals surface area contributed by atoms with E-state index in [4.69, 9.17) is 16.3 Å². The third-order valence-corrected chi connectivity index (χ3v) is 4.83. The zero-order valence-electron chi connectivity index (χ0n) is 16.2. The highest BCUT2D eigenvalue weighted by atomic mass is 35.5. The van der Waals surface area contributed by atoms with Gasteiger partial charge in [-0.25, -0.2) is 9.07 Å². The molecule has 0 fully saturated rings. The largest absolute Gasteiger partial charge is 0.496 e. The highest BCUT2D eigenvalue weighted by Crippen LogP contribution is 2.27. The molecule has 1 amide bonds. The molecule has 7 heteroatoms. The van der Waals surface area contributed by atoms with Crippen molar-refractivity contribution in [3.8, 4) is 11.4 Å². The summed E-state index contributed by atoms with van der Waals surface area (Å²) in [7, 11) is 3.30. The van der Waals surface area contributed by atoms with Crippen LogP contribution in [-0.4, -0.2) is 34.7 Å². The van der Waals surface area contributed by atoms with Gasteiger partial charge in [0, 0.05) is 19.2 Å². The van der Waals surface area contributed by atoms with Crippen molar-refractivity contribution in [3.05, 3.63) is 75.8 Å². The van der Waals surface area contributed by atoms with Crippen LogP contribution in [0.2, 0.25) is 5.15 Å². The third-order valence-electron chi connectivity index (χ3n) is 4.48. The van der Waals surface area contributed by atoms with Crippen LogP contribution in [0.15, 0.2) is 42.5 Å². The molecule has 0 unspecified atom stereocenters. The molecule has 0 saturated carbocycles. The lowest BCUT2D eigenvalue weighted by Gasteiger charge is -2.19. The molecule has 146 valence electrons. The Morgan fingerprint density at radius 2 is 1.89 bits per heavy atom. The zero-order valence-corrected chi connectivity index (χ0v) is 16.9. The average molecular weight is 402 g/mol. The van der Waals surface area contributed by atoms with Crippen LogP contribution in [0.3, 0.4) is 0 Å². The fraction of sp³-hybridized carbons (Fsp3) is 0.238. The van der Waals surface area contributed by atoms with Crippen molar-refractivity contribution in [2.24, 2.45) is 0 Å². The zero-order chi connectivity index (χ0) is 20.4. The van der Waals surface area contributed by atoms with Crippen molar-refractivity contribution in [2.45, 2.75) is 20.4 Å². The number of aryl methyl sites for hydroxylation is 2. The van der Waals surface area contributed by atoms with Crippen LogP contribution in [0.4, 0.5) is 4.39 Å². The molecule has 0 bridgehead atoms. The highest BCUT2D eigenvalue weighted by Gasteiger charge is 2.24. The van der Waals surface area contributed by atoms with E-state index in [1.165, 1.54) is 16.8 Å². The fourth-order valence-corrected chi connectivity index (χ4v) is 3.40. The van der Waals surface area contributed by atoms with Gasteiger partial charge in [0.05, 0.1) is 24.1 Å². The number of ether oxygens (including phenoxy) is 1. The highest BCUT2D eigenvalue weighted by molar-refractivity contribution is 6.33. The van der Waals surface area contributed by atoms with Crippen molar-refractivity contribution in [1.29, 1.82) is 0 Å². The summed E-state index contributed by atoms with van der Waals surface area (Å²) in [5, 5.41) is 4.55. The van der Waals surface area contributed by atoms with Gasteiger partial charge in [-0.05, 0) is 44.2 Å². The lowest BCUT2D eigenvalue weighted by Crippen LogP contribution is -2.27. The first kappa shape index (κ1) is 19.9. The van der Waals surface area contributed by atoms with Crippen LogP contribution in [-0.2, 0) is 6.54 Å². The normalized spacial score (nSPS) is 10.8. The van der Waals surface area contributed by atoms with E-state index in [9.17, 15) is 9.18 Å². The number of hydrogen-bond donors (Lipinski definition) is 0. The van der Waals surface area contributed by atoms with Crippen LogP contribution in [0.1, 0.15) is 27.2 Å². The number of rotatable bonds is 5. The van der Waals surface area contributed by atoms with E-state index in [2.05, 4.69) is 5.10 Å². The maximum absolute atomic E-state index is 13.2. The van der Waals surface area contributed by atoms with Crippen molar-refractivity contribution >= 4 is 17.5 Å². The molecule has 0 aliphatic carbocycles. The van der Waals surface area contributed by atoms with E-state index >= 15 is 0 Å². The van der Waals surface area contributed by atoms with Gasteiger partial charge in [0.2, 0.25) is 0 Å². The molecule has 0 saturated heterocycles. The SMILES string of the molecule is COc1ccc(C)cc1CN(C)C(=O)c1c(C)nn(-c2ccc(F)cc2)c1Cl. The number of amides is 1. The van der Waals surface area contributed by atoms with Crippen molar-refractivity contribution in [1.82, 2.24) is 14.7 Å². The van der Waals surface area contributed by atoms with E-state index in [0.717, 1.165) is 16.9 Å². The standard InChI is InChI=1S/C21H21ClFN3O2/c1-13-5-10-18(28-4)15(11-13)12-25(3)21(27)19-14(2)24-26(20(19)22)17-8-6-16(23)7-9-17/h5-11H,12H2,1-4H3. The molecule has 3 rings (SSSR count). The second-order valence-electron chi connectivity index (χ2n) is 6.62. The van der Waals surface area contributed by atoms with Gasteiger partial charge in [-0.15, -0.1) is 0 Å². The second kappa shape index (κ2) is 8.02. The summed E-state index contributed by atoms with van der Waals surface area (Å²) in [5.41, 5.74) is 3.38. The van der Waals surface area contributed by atoms with Gasteiger partial charge >= 0.3 is 0 Å². The molecular formula is C21H21ClFN3O2. The predicted molar refractivity (Wildman–Crippen MR) is 107 cm³/mol. The number of nitrogens with zero attached hydrogens (tertiary/aromatic N) is 3. The van der Waals surface area contributed by atoms with Gasteiger partial charge in [-0.3, -0.25) is 4.79 Å². The Labute approximate surface area is 168 Å². The van der Waals surface area contributed by atoms with E-state index in [1.54, 1.807) is 38.1 Å². The van der Waals surface area contributed by atoms with Crippen LogP contribution in [0.5, 0.6) is 5.75 Å². The number of halogens is 2. The maximum Gasteiger partial charge on any atom is 0.258 e. The van der Waals surface area contributed by atoms with Crippen LogP contribution >= 0.6 is 11.6 Å². The number of carbonyl (C=O) groups excluding carboxylic acids is 1. The minimum absolute atomic E-state index is 0.192. The molecule has 0 atom stereocenters. The molecular weight excluding hydrogens is 381 g/mol. The number of carbonyl (C=O) groups is 1. The summed E-state index contributed by atoms with van der Waals surface area (Å²) in [4.78, 5) is 14.6. The molecule has 1 heterocycles.